The van der Waals surface area contributed by atoms with Crippen LogP contribution in [-0.2, 0) is 0 Å². The second kappa shape index (κ2) is 5.06. The summed E-state index contributed by atoms with van der Waals surface area (Å²) in [6.07, 6.45) is 0. The Morgan fingerprint density at radius 3 is 2.67 bits per heavy atom. The lowest BCUT2D eigenvalue weighted by Crippen LogP contribution is -1.77. The molecule has 1 aromatic carbocycles. The molecule has 0 unspecified atom stereocenters. The zero-order valence-electron chi connectivity index (χ0n) is 6.07. The Kier molecular flexibility index (Phi) is 4.34. The van der Waals surface area contributed by atoms with Gasteiger partial charge in [-0.2, -0.15) is 0 Å². The maximum absolute atomic E-state index is 3.42. The summed E-state index contributed by atoms with van der Waals surface area (Å²) in [5.41, 5.74) is 1.00. The van der Waals surface area contributed by atoms with E-state index in [4.69, 9.17) is 0 Å². The van der Waals surface area contributed by atoms with Gasteiger partial charge in [0.1, 0.15) is 0 Å². The van der Waals surface area contributed by atoms with Gasteiger partial charge in [0.25, 0.3) is 0 Å². The molecule has 1 aromatic rings. The molecule has 0 saturated heterocycles. The molecule has 0 atom stereocenters. The molecular formula is C9H5Br3. The maximum atomic E-state index is 3.42. The summed E-state index contributed by atoms with van der Waals surface area (Å²) in [4.78, 5) is 0. The lowest BCUT2D eigenvalue weighted by atomic mass is 10.2. The molecule has 3 heteroatoms. The first kappa shape index (κ1) is 10.3. The van der Waals surface area contributed by atoms with Crippen LogP contribution < -0.4 is 0 Å². The third-order valence-electron chi connectivity index (χ3n) is 1.22. The minimum Gasteiger partial charge on any atom is -0.0863 e. The summed E-state index contributed by atoms with van der Waals surface area (Å²) in [6, 6.07) is 5.94. The fourth-order valence-electron chi connectivity index (χ4n) is 0.722. The summed E-state index contributed by atoms with van der Waals surface area (Å²) in [7, 11) is 0. The van der Waals surface area contributed by atoms with Crippen LogP contribution in [0.2, 0.25) is 0 Å². The first-order valence-corrected chi connectivity index (χ1v) is 5.94. The fourth-order valence-corrected chi connectivity index (χ4v) is 1.57. The van der Waals surface area contributed by atoms with Crippen molar-refractivity contribution in [2.24, 2.45) is 0 Å². The van der Waals surface area contributed by atoms with Gasteiger partial charge in [0, 0.05) is 14.5 Å². The molecule has 0 N–H and O–H groups in total. The van der Waals surface area contributed by atoms with Gasteiger partial charge >= 0.3 is 0 Å². The second-order valence-corrected chi connectivity index (χ2v) is 4.39. The summed E-state index contributed by atoms with van der Waals surface area (Å²) in [5, 5.41) is 0.700. The minimum atomic E-state index is 0.700. The minimum absolute atomic E-state index is 0.700. The molecule has 0 fully saturated rings. The molecule has 0 spiro atoms. The summed E-state index contributed by atoms with van der Waals surface area (Å²) in [6.45, 7) is 0. The highest BCUT2D eigenvalue weighted by atomic mass is 79.9. The molecule has 1 rings (SSSR count). The van der Waals surface area contributed by atoms with Crippen molar-refractivity contribution < 1.29 is 0 Å². The molecule has 0 heterocycles. The Bertz CT molecular complexity index is 333. The quantitative estimate of drug-likeness (QED) is 0.490. The highest BCUT2D eigenvalue weighted by molar-refractivity contribution is 9.11. The monoisotopic (exact) mass is 350 g/mol. The molecule has 0 aromatic heterocycles. The van der Waals surface area contributed by atoms with Crippen LogP contribution in [0.4, 0.5) is 0 Å². The Hall–Kier alpha value is 0.220. The number of benzene rings is 1. The van der Waals surface area contributed by atoms with Crippen LogP contribution in [-0.4, -0.2) is 5.33 Å². The van der Waals surface area contributed by atoms with E-state index in [0.29, 0.717) is 5.33 Å². The van der Waals surface area contributed by atoms with E-state index >= 15 is 0 Å². The van der Waals surface area contributed by atoms with Crippen molar-refractivity contribution in [1.82, 2.24) is 0 Å². The highest BCUT2D eigenvalue weighted by Gasteiger charge is 1.95. The van der Waals surface area contributed by atoms with Gasteiger partial charge in [0.05, 0.1) is 5.33 Å². The number of rotatable bonds is 0. The number of hydrogen-bond donors (Lipinski definition) is 0. The average Bonchev–Trinajstić information content (AvgIpc) is 2.07. The van der Waals surface area contributed by atoms with Gasteiger partial charge in [-0.25, -0.2) is 0 Å². The van der Waals surface area contributed by atoms with Gasteiger partial charge in [0.2, 0.25) is 0 Å². The lowest BCUT2D eigenvalue weighted by molar-refractivity contribution is 1.55. The molecule has 0 aliphatic carbocycles. The van der Waals surface area contributed by atoms with Gasteiger partial charge in [-0.15, -0.1) is 0 Å². The molecule has 0 bridgehead atoms. The van der Waals surface area contributed by atoms with Crippen molar-refractivity contribution in [2.45, 2.75) is 0 Å². The fraction of sp³-hybridized carbons (Fsp3) is 0.111. The zero-order chi connectivity index (χ0) is 8.97. The van der Waals surface area contributed by atoms with E-state index in [0.717, 1.165) is 14.5 Å². The highest BCUT2D eigenvalue weighted by Crippen LogP contribution is 2.20. The summed E-state index contributed by atoms with van der Waals surface area (Å²) in [5.74, 6) is 5.98. The van der Waals surface area contributed by atoms with Crippen LogP contribution in [0.15, 0.2) is 27.1 Å². The summed E-state index contributed by atoms with van der Waals surface area (Å²) < 4.78 is 2.07. The Labute approximate surface area is 97.1 Å². The number of halogens is 3. The largest absolute Gasteiger partial charge is 0.0863 e. The third kappa shape index (κ3) is 2.93. The molecule has 0 radical (unpaired) electrons. The van der Waals surface area contributed by atoms with Crippen molar-refractivity contribution in [3.8, 4) is 11.8 Å². The third-order valence-corrected chi connectivity index (χ3v) is 2.68. The van der Waals surface area contributed by atoms with Gasteiger partial charge in [0.15, 0.2) is 0 Å². The molecule has 0 amide bonds. The molecule has 0 aliphatic rings. The SMILES string of the molecule is BrCC#Cc1cc(Br)ccc1Br. The second-order valence-electron chi connectivity index (χ2n) is 2.06. The van der Waals surface area contributed by atoms with Crippen molar-refractivity contribution in [3.63, 3.8) is 0 Å². The summed E-state index contributed by atoms with van der Waals surface area (Å²) >= 11 is 10.1. The average molecular weight is 353 g/mol. The molecule has 0 saturated carbocycles. The molecule has 0 nitrogen and oxygen atoms in total. The van der Waals surface area contributed by atoms with E-state index in [1.165, 1.54) is 0 Å². The van der Waals surface area contributed by atoms with Crippen molar-refractivity contribution in [3.05, 3.63) is 32.7 Å². The molecule has 12 heavy (non-hydrogen) atoms. The molecule has 62 valence electrons. The Morgan fingerprint density at radius 1 is 1.25 bits per heavy atom. The van der Waals surface area contributed by atoms with Gasteiger partial charge < -0.3 is 0 Å². The van der Waals surface area contributed by atoms with E-state index in [1.54, 1.807) is 0 Å². The Morgan fingerprint density at radius 2 is 2.00 bits per heavy atom. The van der Waals surface area contributed by atoms with E-state index in [1.807, 2.05) is 18.2 Å². The first-order valence-electron chi connectivity index (χ1n) is 3.24. The predicted molar refractivity (Wildman–Crippen MR) is 62.5 cm³/mol. The standard InChI is InChI=1S/C9H5Br3/c10-5-1-2-7-6-8(11)3-4-9(7)12/h3-4,6H,5H2. The van der Waals surface area contributed by atoms with Crippen molar-refractivity contribution >= 4 is 47.8 Å². The molecule has 0 aliphatic heterocycles. The van der Waals surface area contributed by atoms with Gasteiger partial charge in [-0.1, -0.05) is 43.7 Å². The molecular weight excluding hydrogens is 348 g/mol. The van der Waals surface area contributed by atoms with Crippen LogP contribution in [0.1, 0.15) is 5.56 Å². The topological polar surface area (TPSA) is 0 Å². The Balaban J connectivity index is 3.05. The smallest absolute Gasteiger partial charge is 0.0649 e. The van der Waals surface area contributed by atoms with Gasteiger partial charge in [-0.05, 0) is 34.1 Å². The number of alkyl halides is 1. The van der Waals surface area contributed by atoms with Crippen LogP contribution in [0.25, 0.3) is 0 Å². The van der Waals surface area contributed by atoms with E-state index in [9.17, 15) is 0 Å². The van der Waals surface area contributed by atoms with Crippen LogP contribution >= 0.6 is 47.8 Å². The van der Waals surface area contributed by atoms with Gasteiger partial charge in [-0.3, -0.25) is 0 Å². The lowest BCUT2D eigenvalue weighted by Gasteiger charge is -1.95. The number of hydrogen-bond acceptors (Lipinski definition) is 0. The van der Waals surface area contributed by atoms with Crippen LogP contribution in [0.5, 0.6) is 0 Å². The van der Waals surface area contributed by atoms with Crippen LogP contribution in [0, 0.1) is 11.8 Å². The van der Waals surface area contributed by atoms with Crippen molar-refractivity contribution in [2.75, 3.05) is 5.33 Å². The zero-order valence-corrected chi connectivity index (χ0v) is 10.8. The van der Waals surface area contributed by atoms with Crippen LogP contribution in [0.3, 0.4) is 0 Å². The van der Waals surface area contributed by atoms with E-state index < -0.39 is 0 Å². The normalized spacial score (nSPS) is 8.92. The maximum Gasteiger partial charge on any atom is 0.0649 e. The van der Waals surface area contributed by atoms with E-state index in [2.05, 4.69) is 59.6 Å². The first-order chi connectivity index (χ1) is 5.74. The van der Waals surface area contributed by atoms with E-state index in [-0.39, 0.29) is 0 Å². The predicted octanol–water partition coefficient (Wildman–Crippen LogP) is 3.96. The van der Waals surface area contributed by atoms with Crippen molar-refractivity contribution in [1.29, 1.82) is 0 Å².